The van der Waals surface area contributed by atoms with Gasteiger partial charge in [0.05, 0.1) is 0 Å². The molecule has 0 spiro atoms. The molecular weight excluding hydrogens is 92.0 g/mol. The fourth-order valence-electron chi connectivity index (χ4n) is 0. The Bertz CT molecular complexity index is 26.5. The molecule has 0 aliphatic heterocycles. The lowest BCUT2D eigenvalue weighted by Gasteiger charge is -1.32. The molecule has 0 heterocycles. The average molecular weight is 93.0 g/mol. The van der Waals surface area contributed by atoms with Crippen LogP contribution >= 0.6 is 0 Å². The zero-order chi connectivity index (χ0) is 5.41. The Kier molecular flexibility index (Phi) is 68.6. The van der Waals surface area contributed by atoms with Crippen LogP contribution in [-0.2, 0) is 0 Å². The maximum absolute atomic E-state index is 8.11. The molecule has 0 fully saturated rings. The van der Waals surface area contributed by atoms with Crippen LogP contribution in [0.4, 0.5) is 0 Å². The molecule has 0 atom stereocenters. The molecule has 0 unspecified atom stereocenters. The van der Waals surface area contributed by atoms with Crippen molar-refractivity contribution in [2.24, 2.45) is 5.34 Å². The van der Waals surface area contributed by atoms with Crippen LogP contribution in [0.3, 0.4) is 0 Å². The van der Waals surface area contributed by atoms with E-state index in [1.54, 1.807) is 0 Å². The van der Waals surface area contributed by atoms with Gasteiger partial charge in [0.1, 0.15) is 0 Å². The van der Waals surface area contributed by atoms with E-state index in [0.29, 0.717) is 0 Å². The van der Waals surface area contributed by atoms with Gasteiger partial charge in [-0.2, -0.15) is 10.1 Å². The number of nitrogens with zero attached hydrogens (tertiary/aromatic N) is 2. The van der Waals surface area contributed by atoms with Crippen molar-refractivity contribution in [2.75, 3.05) is 0 Å². The third-order valence-electron chi connectivity index (χ3n) is 0. The lowest BCUT2D eigenvalue weighted by Crippen LogP contribution is -1.47. The van der Waals surface area contributed by atoms with E-state index in [4.69, 9.17) is 20.2 Å². The monoisotopic (exact) mass is 93.0 g/mol. The summed E-state index contributed by atoms with van der Waals surface area (Å²) in [4.78, 5) is 16.1. The topological polar surface area (TPSA) is 104 Å². The Labute approximate surface area is 32.3 Å². The fraction of sp³-hybridized carbons (Fsp3) is 0. The van der Waals surface area contributed by atoms with Crippen LogP contribution in [0, 0.1) is 15.0 Å². The first kappa shape index (κ1) is 8.84. The zero-order valence-corrected chi connectivity index (χ0v) is 2.57. The van der Waals surface area contributed by atoms with Crippen molar-refractivity contribution in [3.8, 4) is 0 Å². The summed E-state index contributed by atoms with van der Waals surface area (Å²) in [5, 5.41) is 16.9. The molecular formula is HN2O4. The van der Waals surface area contributed by atoms with E-state index in [1.807, 2.05) is 0 Å². The van der Waals surface area contributed by atoms with E-state index >= 15 is 0 Å². The van der Waals surface area contributed by atoms with Crippen LogP contribution in [0.5, 0.6) is 0 Å². The Morgan fingerprint density at radius 1 is 1.83 bits per heavy atom. The molecule has 0 rings (SSSR count). The molecule has 0 aromatic heterocycles. The predicted molar refractivity (Wildman–Crippen MR) is 16.4 cm³/mol. The summed E-state index contributed by atoms with van der Waals surface area (Å²) in [5.74, 6) is 0. The highest BCUT2D eigenvalue weighted by atomic mass is 16.6. The van der Waals surface area contributed by atoms with E-state index in [0.717, 1.165) is 5.34 Å². The SMILES string of the molecule is O=NO.O=[N+][O-]. The summed E-state index contributed by atoms with van der Waals surface area (Å²) in [6.07, 6.45) is 0. The summed E-state index contributed by atoms with van der Waals surface area (Å²) in [6, 6.07) is 0. The quantitative estimate of drug-likeness (QED) is 0.252. The van der Waals surface area contributed by atoms with Crippen LogP contribution < -0.4 is 5.34 Å². The van der Waals surface area contributed by atoms with Gasteiger partial charge < -0.3 is 5.21 Å². The lowest BCUT2D eigenvalue weighted by atomic mass is 13.4. The van der Waals surface area contributed by atoms with Crippen molar-refractivity contribution in [1.29, 1.82) is 0 Å². The molecule has 6 heavy (non-hydrogen) atoms. The van der Waals surface area contributed by atoms with E-state index in [2.05, 4.69) is 0 Å². The maximum Gasteiger partial charge on any atom is 0.387 e. The third kappa shape index (κ3) is 6.30. The van der Waals surface area contributed by atoms with Crippen molar-refractivity contribution in [1.82, 2.24) is 5.34 Å². The first-order valence-electron chi connectivity index (χ1n) is 0.748. The Balaban J connectivity index is 0. The summed E-state index contributed by atoms with van der Waals surface area (Å²) in [6.45, 7) is 0. The minimum absolute atomic E-state index is 1.00. The third-order valence-corrected chi connectivity index (χ3v) is 0. The minimum Gasteiger partial charge on any atom is -0.379 e. The predicted octanol–water partition coefficient (Wildman–Crippen LogP) is -0.272. The van der Waals surface area contributed by atoms with E-state index in [-0.39, 0.29) is 0 Å². The Hall–Kier alpha value is -1.20. The molecule has 0 amide bonds. The highest BCUT2D eigenvalue weighted by Crippen LogP contribution is 1.25. The molecule has 0 saturated heterocycles. The van der Waals surface area contributed by atoms with Gasteiger partial charge in [-0.3, -0.25) is 0 Å². The van der Waals surface area contributed by atoms with Crippen LogP contribution in [0.1, 0.15) is 0 Å². The second kappa shape index (κ2) is 46.5. The molecule has 1 radical (unpaired) electrons. The van der Waals surface area contributed by atoms with Gasteiger partial charge in [-0.25, -0.2) is 0 Å². The normalized spacial score (nSPS) is 4.00. The van der Waals surface area contributed by atoms with Crippen molar-refractivity contribution in [3.63, 3.8) is 0 Å². The highest BCUT2D eigenvalue weighted by molar-refractivity contribution is 4.12. The molecule has 0 saturated carbocycles. The average Bonchev–Trinajstić information content (AvgIpc) is 1.39. The van der Waals surface area contributed by atoms with Crippen LogP contribution in [0.25, 0.3) is 0 Å². The standard InChI is InChI=1S/HNO2.NO2/c2*2-1-3/h(H,2,3);. The Morgan fingerprint density at radius 3 is 1.83 bits per heavy atom. The van der Waals surface area contributed by atoms with Gasteiger partial charge in [-0.05, 0) is 0 Å². The molecule has 0 bridgehead atoms. The smallest absolute Gasteiger partial charge is 0.379 e. The summed E-state index contributed by atoms with van der Waals surface area (Å²) >= 11 is 0. The molecule has 6 heteroatoms. The van der Waals surface area contributed by atoms with Gasteiger partial charge >= 0.3 is 5.34 Å². The second-order valence-electron chi connectivity index (χ2n) is 0.156. The molecule has 35 valence electrons. The summed E-state index contributed by atoms with van der Waals surface area (Å²) < 4.78 is 0. The molecule has 0 aliphatic carbocycles. The second-order valence-corrected chi connectivity index (χ2v) is 0.156. The van der Waals surface area contributed by atoms with Crippen LogP contribution in [0.15, 0.2) is 5.34 Å². The van der Waals surface area contributed by atoms with Crippen molar-refractivity contribution in [2.45, 2.75) is 0 Å². The molecule has 0 aromatic rings. The number of hydrogen-bond donors (Lipinski definition) is 1. The van der Waals surface area contributed by atoms with E-state index in [1.165, 1.54) is 5.34 Å². The minimum atomic E-state index is 1.00. The van der Waals surface area contributed by atoms with Crippen molar-refractivity contribution >= 4 is 0 Å². The van der Waals surface area contributed by atoms with Crippen molar-refractivity contribution < 1.29 is 5.21 Å². The largest absolute Gasteiger partial charge is 0.387 e. The van der Waals surface area contributed by atoms with Gasteiger partial charge in [0, 0.05) is 0 Å². The summed E-state index contributed by atoms with van der Waals surface area (Å²) in [5.41, 5.74) is 0. The lowest BCUT2D eigenvalue weighted by molar-refractivity contribution is 0.312. The molecule has 1 N–H and O–H groups in total. The van der Waals surface area contributed by atoms with E-state index in [9.17, 15) is 0 Å². The van der Waals surface area contributed by atoms with Crippen LogP contribution in [-0.4, -0.2) is 5.21 Å². The number of hydrogen-bond acceptors (Lipinski definition) is 5. The van der Waals surface area contributed by atoms with Gasteiger partial charge in [0.25, 0.3) is 0 Å². The van der Waals surface area contributed by atoms with Gasteiger partial charge in [0.2, 0.25) is 0 Å². The van der Waals surface area contributed by atoms with E-state index < -0.39 is 0 Å². The molecule has 0 aromatic carbocycles. The van der Waals surface area contributed by atoms with Crippen molar-refractivity contribution in [3.05, 3.63) is 15.0 Å². The fourth-order valence-corrected chi connectivity index (χ4v) is 0. The first-order chi connectivity index (χ1) is 2.83. The number of rotatable bonds is 0. The zero-order valence-electron chi connectivity index (χ0n) is 2.57. The van der Waals surface area contributed by atoms with Gasteiger partial charge in [-0.15, -0.1) is 4.91 Å². The first-order valence-corrected chi connectivity index (χ1v) is 0.748. The highest BCUT2D eigenvalue weighted by Gasteiger charge is 1.36. The maximum atomic E-state index is 8.11. The van der Waals surface area contributed by atoms with Crippen LogP contribution in [0.2, 0.25) is 0 Å². The molecule has 0 aliphatic rings. The van der Waals surface area contributed by atoms with Gasteiger partial charge in [-0.1, -0.05) is 0 Å². The summed E-state index contributed by atoms with van der Waals surface area (Å²) in [7, 11) is 0. The molecule has 6 nitrogen and oxygen atoms in total. The Morgan fingerprint density at radius 2 is 1.83 bits per heavy atom. The van der Waals surface area contributed by atoms with Gasteiger partial charge in [0.15, 0.2) is 5.34 Å².